The molecule has 0 saturated carbocycles. The fraction of sp³-hybridized carbons (Fsp3) is 0.100. The minimum atomic E-state index is 0.415. The van der Waals surface area contributed by atoms with Crippen LogP contribution in [0.1, 0.15) is 10.4 Å². The third-order valence-corrected chi connectivity index (χ3v) is 3.83. The predicted octanol–water partition coefficient (Wildman–Crippen LogP) is 4.17. The molecule has 0 radical (unpaired) electrons. The highest BCUT2D eigenvalue weighted by Crippen LogP contribution is 2.37. The molecule has 0 unspecified atom stereocenters. The number of fused-ring (bicyclic) bond motifs is 1. The quantitative estimate of drug-likeness (QED) is 0.688. The normalized spacial score (nSPS) is 10.4. The van der Waals surface area contributed by atoms with Crippen LogP contribution in [0.15, 0.2) is 18.2 Å². The van der Waals surface area contributed by atoms with Crippen LogP contribution >= 0.6 is 34.5 Å². The Bertz CT molecular complexity index is 525. The van der Waals surface area contributed by atoms with Crippen LogP contribution in [0.5, 0.6) is 0 Å². The van der Waals surface area contributed by atoms with Crippen molar-refractivity contribution in [1.82, 2.24) is 0 Å². The van der Waals surface area contributed by atoms with Crippen molar-refractivity contribution < 1.29 is 0 Å². The van der Waals surface area contributed by atoms with E-state index in [9.17, 15) is 0 Å². The van der Waals surface area contributed by atoms with Crippen molar-refractivity contribution in [3.8, 4) is 6.07 Å². The standard InChI is InChI=1S/C10H5Cl2NS/c11-4-6-2-1-3-7-9(6)10(12)8(5-13)14-7/h1-3H,4H2. The van der Waals surface area contributed by atoms with Gasteiger partial charge in [-0.25, -0.2) is 0 Å². The summed E-state index contributed by atoms with van der Waals surface area (Å²) in [6, 6.07) is 7.88. The van der Waals surface area contributed by atoms with Gasteiger partial charge in [0, 0.05) is 16.0 Å². The maximum Gasteiger partial charge on any atom is 0.124 e. The van der Waals surface area contributed by atoms with Crippen molar-refractivity contribution in [1.29, 1.82) is 5.26 Å². The third-order valence-electron chi connectivity index (χ3n) is 1.99. The molecule has 0 saturated heterocycles. The smallest absolute Gasteiger partial charge is 0.124 e. The molecule has 0 aliphatic heterocycles. The Hall–Kier alpha value is -0.750. The van der Waals surface area contributed by atoms with E-state index < -0.39 is 0 Å². The highest BCUT2D eigenvalue weighted by Gasteiger charge is 2.12. The van der Waals surface area contributed by atoms with E-state index in [1.165, 1.54) is 11.3 Å². The Morgan fingerprint density at radius 1 is 1.43 bits per heavy atom. The molecular weight excluding hydrogens is 237 g/mol. The third kappa shape index (κ3) is 1.38. The van der Waals surface area contributed by atoms with Gasteiger partial charge in [0.1, 0.15) is 10.9 Å². The molecule has 14 heavy (non-hydrogen) atoms. The van der Waals surface area contributed by atoms with E-state index in [4.69, 9.17) is 28.5 Å². The van der Waals surface area contributed by atoms with Crippen LogP contribution in [0.25, 0.3) is 10.1 Å². The zero-order valence-electron chi connectivity index (χ0n) is 7.05. The van der Waals surface area contributed by atoms with Crippen molar-refractivity contribution in [3.63, 3.8) is 0 Å². The second-order valence-electron chi connectivity index (χ2n) is 2.78. The molecule has 1 aromatic heterocycles. The second-order valence-corrected chi connectivity index (χ2v) is 4.48. The summed E-state index contributed by atoms with van der Waals surface area (Å²) >= 11 is 13.3. The summed E-state index contributed by atoms with van der Waals surface area (Å²) in [4.78, 5) is 0.555. The minimum absolute atomic E-state index is 0.415. The largest absolute Gasteiger partial charge is 0.191 e. The van der Waals surface area contributed by atoms with Crippen molar-refractivity contribution in [2.45, 2.75) is 5.88 Å². The number of nitriles is 1. The summed E-state index contributed by atoms with van der Waals surface area (Å²) in [6.07, 6.45) is 0. The first-order chi connectivity index (χ1) is 6.77. The fourth-order valence-electron chi connectivity index (χ4n) is 1.36. The number of halogens is 2. The molecule has 4 heteroatoms. The van der Waals surface area contributed by atoms with Gasteiger partial charge in [0.2, 0.25) is 0 Å². The van der Waals surface area contributed by atoms with Crippen LogP contribution in [-0.2, 0) is 5.88 Å². The maximum absolute atomic E-state index is 8.83. The van der Waals surface area contributed by atoms with Crippen LogP contribution < -0.4 is 0 Å². The lowest BCUT2D eigenvalue weighted by Crippen LogP contribution is -1.78. The number of hydrogen-bond donors (Lipinski definition) is 0. The second kappa shape index (κ2) is 3.78. The van der Waals surface area contributed by atoms with Crippen LogP contribution in [-0.4, -0.2) is 0 Å². The Kier molecular flexibility index (Phi) is 2.64. The van der Waals surface area contributed by atoms with Gasteiger partial charge in [0.25, 0.3) is 0 Å². The van der Waals surface area contributed by atoms with Gasteiger partial charge in [-0.3, -0.25) is 0 Å². The number of nitrogens with zero attached hydrogens (tertiary/aromatic N) is 1. The van der Waals surface area contributed by atoms with Crippen LogP contribution in [0, 0.1) is 11.3 Å². The molecule has 0 atom stereocenters. The first-order valence-corrected chi connectivity index (χ1v) is 5.66. The van der Waals surface area contributed by atoms with Crippen LogP contribution in [0.2, 0.25) is 5.02 Å². The van der Waals surface area contributed by atoms with Gasteiger partial charge in [-0.1, -0.05) is 23.7 Å². The molecule has 0 spiro atoms. The highest BCUT2D eigenvalue weighted by molar-refractivity contribution is 7.20. The van der Waals surface area contributed by atoms with E-state index in [0.717, 1.165) is 15.6 Å². The monoisotopic (exact) mass is 241 g/mol. The van der Waals surface area contributed by atoms with Crippen molar-refractivity contribution >= 4 is 44.6 Å². The lowest BCUT2D eigenvalue weighted by molar-refractivity contribution is 1.46. The van der Waals surface area contributed by atoms with E-state index in [-0.39, 0.29) is 0 Å². The van der Waals surface area contributed by atoms with Gasteiger partial charge in [-0.15, -0.1) is 22.9 Å². The van der Waals surface area contributed by atoms with Crippen molar-refractivity contribution in [2.75, 3.05) is 0 Å². The zero-order valence-corrected chi connectivity index (χ0v) is 9.38. The van der Waals surface area contributed by atoms with E-state index in [0.29, 0.717) is 15.8 Å². The number of benzene rings is 1. The van der Waals surface area contributed by atoms with Gasteiger partial charge in [-0.05, 0) is 11.6 Å². The van der Waals surface area contributed by atoms with Gasteiger partial charge < -0.3 is 0 Å². The summed E-state index contributed by atoms with van der Waals surface area (Å²) in [5.41, 5.74) is 0.979. The first-order valence-electron chi connectivity index (χ1n) is 3.94. The average molecular weight is 242 g/mol. The molecule has 0 bridgehead atoms. The van der Waals surface area contributed by atoms with Crippen LogP contribution in [0.3, 0.4) is 0 Å². The van der Waals surface area contributed by atoms with E-state index >= 15 is 0 Å². The number of rotatable bonds is 1. The summed E-state index contributed by atoms with van der Waals surface area (Å²) in [6.45, 7) is 0. The van der Waals surface area contributed by atoms with Crippen molar-refractivity contribution in [3.05, 3.63) is 33.7 Å². The molecule has 1 heterocycles. The van der Waals surface area contributed by atoms with Gasteiger partial charge in [0.15, 0.2) is 0 Å². The Morgan fingerprint density at radius 3 is 2.86 bits per heavy atom. The molecule has 0 fully saturated rings. The molecule has 70 valence electrons. The summed E-state index contributed by atoms with van der Waals surface area (Å²) < 4.78 is 1.02. The molecule has 2 rings (SSSR count). The molecule has 0 aliphatic carbocycles. The number of thiophene rings is 1. The molecule has 1 nitrogen and oxygen atoms in total. The van der Waals surface area contributed by atoms with E-state index in [2.05, 4.69) is 6.07 Å². The van der Waals surface area contributed by atoms with E-state index in [1.54, 1.807) is 0 Å². The molecule has 0 aliphatic rings. The SMILES string of the molecule is N#Cc1sc2cccc(CCl)c2c1Cl. The Morgan fingerprint density at radius 2 is 2.21 bits per heavy atom. The van der Waals surface area contributed by atoms with Gasteiger partial charge in [-0.2, -0.15) is 5.26 Å². The molecule has 0 N–H and O–H groups in total. The first kappa shape index (κ1) is 9.79. The Balaban J connectivity index is 2.87. The number of alkyl halides is 1. The lowest BCUT2D eigenvalue weighted by atomic mass is 10.1. The molecule has 2 aromatic rings. The van der Waals surface area contributed by atoms with Gasteiger partial charge in [0.05, 0.1) is 5.02 Å². The fourth-order valence-corrected chi connectivity index (χ4v) is 2.96. The lowest BCUT2D eigenvalue weighted by Gasteiger charge is -1.97. The summed E-state index contributed by atoms with van der Waals surface area (Å²) in [5.74, 6) is 0.415. The molecule has 0 amide bonds. The minimum Gasteiger partial charge on any atom is -0.191 e. The topological polar surface area (TPSA) is 23.8 Å². The predicted molar refractivity (Wildman–Crippen MR) is 61.1 cm³/mol. The van der Waals surface area contributed by atoms with Crippen LogP contribution in [0.4, 0.5) is 0 Å². The van der Waals surface area contributed by atoms with E-state index in [1.807, 2.05) is 18.2 Å². The average Bonchev–Trinajstić information content (AvgIpc) is 2.55. The summed E-state index contributed by atoms with van der Waals surface area (Å²) in [5, 5.41) is 10.3. The number of hydrogen-bond acceptors (Lipinski definition) is 2. The van der Waals surface area contributed by atoms with Crippen molar-refractivity contribution in [2.24, 2.45) is 0 Å². The Labute approximate surface area is 95.5 Å². The zero-order chi connectivity index (χ0) is 10.1. The van der Waals surface area contributed by atoms with Gasteiger partial charge >= 0.3 is 0 Å². The molecule has 1 aromatic carbocycles. The maximum atomic E-state index is 8.83. The highest BCUT2D eigenvalue weighted by atomic mass is 35.5. The summed E-state index contributed by atoms with van der Waals surface area (Å²) in [7, 11) is 0. The molecular formula is C10H5Cl2NS.